The Kier molecular flexibility index (Phi) is 7.37. The van der Waals surface area contributed by atoms with Crippen LogP contribution in [0.5, 0.6) is 0 Å². The number of nitrogens with zero attached hydrogens (tertiary/aromatic N) is 3. The molecule has 1 fully saturated rings. The zero-order valence-corrected chi connectivity index (χ0v) is 17.6. The highest BCUT2D eigenvalue weighted by atomic mass is 19.1. The van der Waals surface area contributed by atoms with Crippen LogP contribution in [-0.4, -0.2) is 42.0 Å². The number of carbonyl (C=O) groups excluding carboxylic acids is 2. The van der Waals surface area contributed by atoms with Gasteiger partial charge in [-0.3, -0.25) is 19.4 Å². The number of nitriles is 1. The number of ether oxygens (including phenoxy) is 1. The number of piperidine rings is 1. The van der Waals surface area contributed by atoms with Gasteiger partial charge < -0.3 is 4.74 Å². The number of hydrogen-bond donors (Lipinski definition) is 0. The second-order valence-corrected chi connectivity index (χ2v) is 7.60. The van der Waals surface area contributed by atoms with E-state index >= 15 is 0 Å². The summed E-state index contributed by atoms with van der Waals surface area (Å²) in [5.41, 5.74) is 0.282. The van der Waals surface area contributed by atoms with Crippen LogP contribution in [0.15, 0.2) is 54.6 Å². The van der Waals surface area contributed by atoms with Crippen molar-refractivity contribution < 1.29 is 18.7 Å². The molecule has 0 radical (unpaired) electrons. The Bertz CT molecular complexity index is 950. The fourth-order valence-corrected chi connectivity index (χ4v) is 3.97. The van der Waals surface area contributed by atoms with Gasteiger partial charge in [-0.25, -0.2) is 4.39 Å². The third kappa shape index (κ3) is 5.47. The number of anilines is 1. The summed E-state index contributed by atoms with van der Waals surface area (Å²) in [4.78, 5) is 28.6. The van der Waals surface area contributed by atoms with E-state index in [0.29, 0.717) is 25.9 Å². The molecule has 0 aliphatic carbocycles. The van der Waals surface area contributed by atoms with Crippen LogP contribution in [0.25, 0.3) is 0 Å². The molecule has 0 aromatic heterocycles. The molecular weight excluding hydrogens is 397 g/mol. The first-order valence-electron chi connectivity index (χ1n) is 10.4. The van der Waals surface area contributed by atoms with Crippen molar-refractivity contribution in [1.29, 1.82) is 5.26 Å². The molecule has 0 N–H and O–H groups in total. The van der Waals surface area contributed by atoms with E-state index in [0.717, 1.165) is 6.54 Å². The molecule has 1 aliphatic rings. The van der Waals surface area contributed by atoms with E-state index < -0.39 is 29.7 Å². The molecule has 1 aliphatic heterocycles. The predicted octanol–water partition coefficient (Wildman–Crippen LogP) is 3.67. The van der Waals surface area contributed by atoms with Crippen LogP contribution in [0.4, 0.5) is 10.1 Å². The van der Waals surface area contributed by atoms with Crippen LogP contribution < -0.4 is 4.90 Å². The SMILES string of the molecule is CCOC(=O)CC(=O)N(c1cccc(F)c1)C1(C#N)CCN(Cc2ccccc2)CC1. The lowest BCUT2D eigenvalue weighted by Gasteiger charge is -2.44. The van der Waals surface area contributed by atoms with Crippen LogP contribution in [-0.2, 0) is 20.9 Å². The lowest BCUT2D eigenvalue weighted by atomic mass is 9.85. The molecule has 0 unspecified atom stereocenters. The Labute approximate surface area is 181 Å². The van der Waals surface area contributed by atoms with E-state index in [1.54, 1.807) is 13.0 Å². The Hall–Kier alpha value is -3.24. The van der Waals surface area contributed by atoms with Crippen LogP contribution in [0.3, 0.4) is 0 Å². The normalized spacial score (nSPS) is 15.6. The summed E-state index contributed by atoms with van der Waals surface area (Å²) in [6.45, 7) is 3.76. The fraction of sp³-hybridized carbons (Fsp3) is 0.375. The Morgan fingerprint density at radius 2 is 1.87 bits per heavy atom. The van der Waals surface area contributed by atoms with Crippen molar-refractivity contribution in [1.82, 2.24) is 4.90 Å². The number of carbonyl (C=O) groups is 2. The van der Waals surface area contributed by atoms with Crippen LogP contribution in [0.2, 0.25) is 0 Å². The Morgan fingerprint density at radius 3 is 2.48 bits per heavy atom. The summed E-state index contributed by atoms with van der Waals surface area (Å²) in [7, 11) is 0. The topological polar surface area (TPSA) is 73.6 Å². The van der Waals surface area contributed by atoms with Crippen molar-refractivity contribution in [2.75, 3.05) is 24.6 Å². The van der Waals surface area contributed by atoms with Crippen molar-refractivity contribution >= 4 is 17.6 Å². The first-order chi connectivity index (χ1) is 15.0. The van der Waals surface area contributed by atoms with Crippen LogP contribution in [0, 0.1) is 17.1 Å². The van der Waals surface area contributed by atoms with Crippen molar-refractivity contribution in [3.63, 3.8) is 0 Å². The zero-order valence-electron chi connectivity index (χ0n) is 17.6. The van der Waals surface area contributed by atoms with Gasteiger partial charge in [0.2, 0.25) is 5.91 Å². The van der Waals surface area contributed by atoms with Gasteiger partial charge in [0.05, 0.1) is 12.7 Å². The van der Waals surface area contributed by atoms with Gasteiger partial charge in [0.1, 0.15) is 17.8 Å². The summed E-state index contributed by atoms with van der Waals surface area (Å²) < 4.78 is 18.9. The second kappa shape index (κ2) is 10.2. The molecule has 0 saturated carbocycles. The van der Waals surface area contributed by atoms with Gasteiger partial charge in [0, 0.05) is 25.3 Å². The molecule has 162 valence electrons. The molecule has 6 nitrogen and oxygen atoms in total. The number of benzene rings is 2. The number of rotatable bonds is 7. The van der Waals surface area contributed by atoms with Gasteiger partial charge in [0.15, 0.2) is 0 Å². The number of halogens is 1. The van der Waals surface area contributed by atoms with Crippen molar-refractivity contribution in [2.24, 2.45) is 0 Å². The van der Waals surface area contributed by atoms with Gasteiger partial charge >= 0.3 is 5.97 Å². The smallest absolute Gasteiger partial charge is 0.315 e. The lowest BCUT2D eigenvalue weighted by Crippen LogP contribution is -2.57. The van der Waals surface area contributed by atoms with Gasteiger partial charge in [-0.05, 0) is 43.5 Å². The maximum atomic E-state index is 14.0. The highest BCUT2D eigenvalue weighted by Crippen LogP contribution is 2.34. The van der Waals surface area contributed by atoms with Crippen LogP contribution >= 0.6 is 0 Å². The number of esters is 1. The molecule has 3 rings (SSSR count). The van der Waals surface area contributed by atoms with E-state index in [-0.39, 0.29) is 12.3 Å². The largest absolute Gasteiger partial charge is 0.466 e. The molecule has 7 heteroatoms. The van der Waals surface area contributed by atoms with Crippen LogP contribution in [0.1, 0.15) is 31.7 Å². The summed E-state index contributed by atoms with van der Waals surface area (Å²) in [5.74, 6) is -1.74. The quantitative estimate of drug-likeness (QED) is 0.502. The zero-order chi connectivity index (χ0) is 22.3. The van der Waals surface area contributed by atoms with Gasteiger partial charge in [0.25, 0.3) is 0 Å². The third-order valence-corrected chi connectivity index (χ3v) is 5.49. The number of hydrogen-bond acceptors (Lipinski definition) is 5. The fourth-order valence-electron chi connectivity index (χ4n) is 3.97. The minimum absolute atomic E-state index is 0.157. The molecule has 31 heavy (non-hydrogen) atoms. The molecule has 0 atom stereocenters. The first-order valence-corrected chi connectivity index (χ1v) is 10.4. The van der Waals surface area contributed by atoms with E-state index in [2.05, 4.69) is 11.0 Å². The van der Waals surface area contributed by atoms with E-state index in [4.69, 9.17) is 4.74 Å². The molecule has 2 aromatic carbocycles. The third-order valence-electron chi connectivity index (χ3n) is 5.49. The standard InChI is InChI=1S/C24H26FN3O3/c1-2-31-23(30)16-22(29)28(21-10-6-9-20(25)15-21)24(18-26)11-13-27(14-12-24)17-19-7-4-3-5-8-19/h3-10,15H,2,11-14,16-17H2,1H3. The van der Waals surface area contributed by atoms with Gasteiger partial charge in [-0.15, -0.1) is 0 Å². The molecule has 1 heterocycles. The van der Waals surface area contributed by atoms with Gasteiger partial charge in [-0.1, -0.05) is 36.4 Å². The summed E-state index contributed by atoms with van der Waals surface area (Å²) >= 11 is 0. The van der Waals surface area contributed by atoms with Gasteiger partial charge in [-0.2, -0.15) is 5.26 Å². The average molecular weight is 423 g/mol. The Morgan fingerprint density at radius 1 is 1.16 bits per heavy atom. The number of amides is 1. The van der Waals surface area contributed by atoms with E-state index in [9.17, 15) is 19.2 Å². The average Bonchev–Trinajstić information content (AvgIpc) is 2.76. The molecular formula is C24H26FN3O3. The minimum atomic E-state index is -1.16. The van der Waals surface area contributed by atoms with Crippen molar-refractivity contribution in [3.05, 3.63) is 66.0 Å². The maximum Gasteiger partial charge on any atom is 0.315 e. The molecule has 2 aromatic rings. The number of likely N-dealkylation sites (tertiary alicyclic amines) is 1. The monoisotopic (exact) mass is 423 g/mol. The van der Waals surface area contributed by atoms with E-state index in [1.807, 2.05) is 30.3 Å². The molecule has 0 spiro atoms. The molecule has 1 saturated heterocycles. The first kappa shape index (κ1) is 22.4. The lowest BCUT2D eigenvalue weighted by molar-refractivity contribution is -0.145. The van der Waals surface area contributed by atoms with Crippen molar-refractivity contribution in [3.8, 4) is 6.07 Å². The highest BCUT2D eigenvalue weighted by Gasteiger charge is 2.44. The minimum Gasteiger partial charge on any atom is -0.466 e. The molecule has 0 bridgehead atoms. The summed E-state index contributed by atoms with van der Waals surface area (Å²) in [5, 5.41) is 10.1. The Balaban J connectivity index is 1.83. The second-order valence-electron chi connectivity index (χ2n) is 7.60. The summed E-state index contributed by atoms with van der Waals surface area (Å²) in [6.07, 6.45) is 0.282. The van der Waals surface area contributed by atoms with Crippen molar-refractivity contribution in [2.45, 2.75) is 38.3 Å². The highest BCUT2D eigenvalue weighted by molar-refractivity contribution is 6.04. The van der Waals surface area contributed by atoms with E-state index in [1.165, 1.54) is 28.7 Å². The molecule has 1 amide bonds. The predicted molar refractivity (Wildman–Crippen MR) is 114 cm³/mol. The maximum absolute atomic E-state index is 14.0. The summed E-state index contributed by atoms with van der Waals surface area (Å²) in [6, 6.07) is 17.9.